The number of nitrogens with zero attached hydrogens (tertiary/aromatic N) is 2. The highest BCUT2D eigenvalue weighted by atomic mass is 35.5. The van der Waals surface area contributed by atoms with E-state index in [0.717, 1.165) is 48.3 Å². The predicted octanol–water partition coefficient (Wildman–Crippen LogP) is 7.38. The van der Waals surface area contributed by atoms with E-state index < -0.39 is 5.97 Å². The second-order valence-electron chi connectivity index (χ2n) is 8.00. The number of hydrogen-bond acceptors (Lipinski definition) is 3. The highest BCUT2D eigenvalue weighted by Crippen LogP contribution is 2.39. The molecule has 0 saturated heterocycles. The van der Waals surface area contributed by atoms with E-state index in [2.05, 4.69) is 4.57 Å². The Hall–Kier alpha value is -2.30. The fourth-order valence-electron chi connectivity index (χ4n) is 4.38. The molecule has 1 aromatic heterocycles. The first-order valence-corrected chi connectivity index (χ1v) is 11.6. The van der Waals surface area contributed by atoms with Gasteiger partial charge in [-0.15, -0.1) is 0 Å². The second-order valence-corrected chi connectivity index (χ2v) is 8.87. The van der Waals surface area contributed by atoms with Gasteiger partial charge in [-0.05, 0) is 56.5 Å². The number of esters is 1. The number of aryl methyl sites for hydroxylation is 1. The van der Waals surface area contributed by atoms with Crippen LogP contribution < -0.4 is 0 Å². The zero-order chi connectivity index (χ0) is 22.0. The Bertz CT molecular complexity index is 1100. The summed E-state index contributed by atoms with van der Waals surface area (Å²) in [5.74, 6) is 0.740. The highest BCUT2D eigenvalue weighted by Gasteiger charge is 2.30. The lowest BCUT2D eigenvalue weighted by atomic mass is 9.88. The highest BCUT2D eigenvalue weighted by molar-refractivity contribution is 6.31. The molecular formula is C25H26Cl2N2O2. The molecule has 1 heterocycles. The number of carbonyl (C=O) groups excluding carboxylic acids is 1. The van der Waals surface area contributed by atoms with E-state index in [-0.39, 0.29) is 12.5 Å². The maximum absolute atomic E-state index is 13.0. The minimum absolute atomic E-state index is 0.272. The molecule has 0 atom stereocenters. The van der Waals surface area contributed by atoms with Gasteiger partial charge in [0.1, 0.15) is 5.82 Å². The molecule has 1 saturated carbocycles. The van der Waals surface area contributed by atoms with Crippen molar-refractivity contribution in [3.05, 3.63) is 69.6 Å². The van der Waals surface area contributed by atoms with Gasteiger partial charge in [-0.3, -0.25) is 4.57 Å². The Morgan fingerprint density at radius 2 is 1.84 bits per heavy atom. The Balaban J connectivity index is 2.04. The predicted molar refractivity (Wildman–Crippen MR) is 126 cm³/mol. The minimum atomic E-state index is -0.423. The molecule has 1 aliphatic carbocycles. The molecule has 31 heavy (non-hydrogen) atoms. The normalized spacial score (nSPS) is 14.6. The first-order valence-electron chi connectivity index (χ1n) is 10.8. The summed E-state index contributed by atoms with van der Waals surface area (Å²) in [4.78, 5) is 17.9. The number of benzene rings is 2. The molecule has 0 bridgehead atoms. The summed E-state index contributed by atoms with van der Waals surface area (Å²) < 4.78 is 7.50. The zero-order valence-electron chi connectivity index (χ0n) is 17.8. The average Bonchev–Trinajstić information content (AvgIpc) is 3.17. The molecule has 0 spiro atoms. The minimum Gasteiger partial charge on any atom is -0.461 e. The van der Waals surface area contributed by atoms with Crippen LogP contribution in [0.4, 0.5) is 0 Å². The maximum atomic E-state index is 13.0. The van der Waals surface area contributed by atoms with Gasteiger partial charge in [0, 0.05) is 21.5 Å². The van der Waals surface area contributed by atoms with Crippen molar-refractivity contribution in [3.8, 4) is 16.9 Å². The molecule has 1 aliphatic rings. The summed E-state index contributed by atoms with van der Waals surface area (Å²) in [5.41, 5.74) is 3.82. The standard InChI is InChI=1S/C25H26Cl2N2O2/c1-3-31-25(30)22-23(18-10-7-11-19(26)14-18)29(21-15-20(27)13-12-16(21)2)24(28-22)17-8-5-4-6-9-17/h7,10-15,17H,3-6,8-9H2,1-2H3. The summed E-state index contributed by atoms with van der Waals surface area (Å²) >= 11 is 12.7. The van der Waals surface area contributed by atoms with Crippen LogP contribution in [0.5, 0.6) is 0 Å². The van der Waals surface area contributed by atoms with E-state index in [9.17, 15) is 4.79 Å². The number of ether oxygens (including phenoxy) is 1. The summed E-state index contributed by atoms with van der Waals surface area (Å²) in [5, 5.41) is 1.24. The van der Waals surface area contributed by atoms with E-state index in [1.807, 2.05) is 49.4 Å². The van der Waals surface area contributed by atoms with Gasteiger partial charge in [0.2, 0.25) is 0 Å². The van der Waals surface area contributed by atoms with Crippen LogP contribution in [0.1, 0.15) is 66.8 Å². The number of halogens is 2. The van der Waals surface area contributed by atoms with Crippen LogP contribution in [0.2, 0.25) is 10.0 Å². The molecule has 4 rings (SSSR count). The van der Waals surface area contributed by atoms with Gasteiger partial charge in [0.25, 0.3) is 0 Å². The van der Waals surface area contributed by atoms with E-state index >= 15 is 0 Å². The van der Waals surface area contributed by atoms with Crippen LogP contribution >= 0.6 is 23.2 Å². The van der Waals surface area contributed by atoms with Crippen molar-refractivity contribution >= 4 is 29.2 Å². The summed E-state index contributed by atoms with van der Waals surface area (Å²) in [6.07, 6.45) is 5.65. The second kappa shape index (κ2) is 9.46. The first-order chi connectivity index (χ1) is 15.0. The maximum Gasteiger partial charge on any atom is 0.359 e. The van der Waals surface area contributed by atoms with Crippen molar-refractivity contribution < 1.29 is 9.53 Å². The molecule has 0 radical (unpaired) electrons. The SMILES string of the molecule is CCOC(=O)c1nc(C2CCCCC2)n(-c2cc(Cl)ccc2C)c1-c1cccc(Cl)c1. The van der Waals surface area contributed by atoms with Gasteiger partial charge in [0.15, 0.2) is 5.69 Å². The van der Waals surface area contributed by atoms with Crippen LogP contribution in [0, 0.1) is 6.92 Å². The Labute approximate surface area is 193 Å². The van der Waals surface area contributed by atoms with Gasteiger partial charge >= 0.3 is 5.97 Å². The van der Waals surface area contributed by atoms with Crippen molar-refractivity contribution in [3.63, 3.8) is 0 Å². The monoisotopic (exact) mass is 456 g/mol. The van der Waals surface area contributed by atoms with Crippen molar-refractivity contribution in [1.82, 2.24) is 9.55 Å². The lowest BCUT2D eigenvalue weighted by molar-refractivity contribution is 0.0521. The van der Waals surface area contributed by atoms with E-state index in [0.29, 0.717) is 21.4 Å². The Morgan fingerprint density at radius 3 is 2.55 bits per heavy atom. The number of carbonyl (C=O) groups is 1. The number of rotatable bonds is 5. The lowest BCUT2D eigenvalue weighted by Crippen LogP contribution is -2.12. The Kier molecular flexibility index (Phi) is 6.68. The molecule has 1 fully saturated rings. The molecular weight excluding hydrogens is 431 g/mol. The molecule has 162 valence electrons. The summed E-state index contributed by atoms with van der Waals surface area (Å²) in [7, 11) is 0. The van der Waals surface area contributed by atoms with Gasteiger partial charge in [-0.1, -0.05) is 60.7 Å². The summed E-state index contributed by atoms with van der Waals surface area (Å²) in [6, 6.07) is 13.3. The average molecular weight is 457 g/mol. The molecule has 3 aromatic rings. The molecule has 0 unspecified atom stereocenters. The van der Waals surface area contributed by atoms with Crippen molar-refractivity contribution in [1.29, 1.82) is 0 Å². The molecule has 0 N–H and O–H groups in total. The van der Waals surface area contributed by atoms with Crippen LogP contribution in [-0.4, -0.2) is 22.1 Å². The largest absolute Gasteiger partial charge is 0.461 e. The molecule has 0 aliphatic heterocycles. The van der Waals surface area contributed by atoms with Crippen LogP contribution in [0.25, 0.3) is 16.9 Å². The molecule has 2 aromatic carbocycles. The summed E-state index contributed by atoms with van der Waals surface area (Å²) in [6.45, 7) is 4.13. The number of aromatic nitrogens is 2. The number of imidazole rings is 1. The third-order valence-corrected chi connectivity index (χ3v) is 6.32. The zero-order valence-corrected chi connectivity index (χ0v) is 19.3. The van der Waals surface area contributed by atoms with Crippen molar-refractivity contribution in [2.75, 3.05) is 6.61 Å². The van der Waals surface area contributed by atoms with E-state index in [1.54, 1.807) is 6.92 Å². The Morgan fingerprint density at radius 1 is 1.10 bits per heavy atom. The van der Waals surface area contributed by atoms with Gasteiger partial charge < -0.3 is 4.74 Å². The smallest absolute Gasteiger partial charge is 0.359 e. The quantitative estimate of drug-likeness (QED) is 0.376. The van der Waals surface area contributed by atoms with Gasteiger partial charge in [0.05, 0.1) is 18.0 Å². The molecule has 4 nitrogen and oxygen atoms in total. The fourth-order valence-corrected chi connectivity index (χ4v) is 4.74. The van der Waals surface area contributed by atoms with Crippen LogP contribution in [-0.2, 0) is 4.74 Å². The van der Waals surface area contributed by atoms with Crippen LogP contribution in [0.3, 0.4) is 0 Å². The first kappa shape index (κ1) is 21.9. The van der Waals surface area contributed by atoms with Crippen molar-refractivity contribution in [2.45, 2.75) is 51.9 Å². The third-order valence-electron chi connectivity index (χ3n) is 5.85. The van der Waals surface area contributed by atoms with E-state index in [1.165, 1.54) is 6.42 Å². The van der Waals surface area contributed by atoms with E-state index in [4.69, 9.17) is 32.9 Å². The third kappa shape index (κ3) is 4.51. The molecule has 0 amide bonds. The van der Waals surface area contributed by atoms with Crippen molar-refractivity contribution in [2.24, 2.45) is 0 Å². The van der Waals surface area contributed by atoms with Gasteiger partial charge in [-0.25, -0.2) is 9.78 Å². The van der Waals surface area contributed by atoms with Gasteiger partial charge in [-0.2, -0.15) is 0 Å². The fraction of sp³-hybridized carbons (Fsp3) is 0.360. The molecule has 6 heteroatoms. The number of hydrogen-bond donors (Lipinski definition) is 0. The lowest BCUT2D eigenvalue weighted by Gasteiger charge is -2.24. The van der Waals surface area contributed by atoms with Crippen LogP contribution in [0.15, 0.2) is 42.5 Å². The topological polar surface area (TPSA) is 44.1 Å².